The normalized spacial score (nSPS) is 19.9. The summed E-state index contributed by atoms with van der Waals surface area (Å²) >= 11 is 0. The molecule has 2 aliphatic carbocycles. The highest BCUT2D eigenvalue weighted by atomic mass is 16.5. The number of benzene rings is 2. The van der Waals surface area contributed by atoms with Crippen molar-refractivity contribution in [3.8, 4) is 11.1 Å². The minimum atomic E-state index is -0.811. The van der Waals surface area contributed by atoms with E-state index in [-0.39, 0.29) is 42.7 Å². The molecule has 2 aromatic carbocycles. The molecule has 7 nitrogen and oxygen atoms in total. The number of hydrogen-bond acceptors (Lipinski definition) is 4. The van der Waals surface area contributed by atoms with Crippen LogP contribution >= 0.6 is 0 Å². The minimum absolute atomic E-state index is 0.0471. The van der Waals surface area contributed by atoms with Crippen molar-refractivity contribution < 1.29 is 24.2 Å². The second-order valence-corrected chi connectivity index (χ2v) is 9.67. The number of amides is 2. The molecule has 0 radical (unpaired) electrons. The van der Waals surface area contributed by atoms with Gasteiger partial charge in [-0.05, 0) is 53.4 Å². The Morgan fingerprint density at radius 1 is 1.00 bits per heavy atom. The van der Waals surface area contributed by atoms with Crippen LogP contribution in [0.1, 0.15) is 56.6 Å². The van der Waals surface area contributed by atoms with Crippen molar-refractivity contribution in [2.24, 2.45) is 11.8 Å². The SMILES string of the molecule is CC(C)[C@@H](NC(=O)OCC1c2ccccc2-c2ccccc21)C(=O)NC1CCC(CC(=O)O)C1. The summed E-state index contributed by atoms with van der Waals surface area (Å²) in [6.07, 6.45) is 1.68. The minimum Gasteiger partial charge on any atom is -0.481 e. The van der Waals surface area contributed by atoms with Crippen LogP contribution in [0.3, 0.4) is 0 Å². The number of fused-ring (bicyclic) bond motifs is 3. The monoisotopic (exact) mass is 464 g/mol. The number of carbonyl (C=O) groups is 3. The van der Waals surface area contributed by atoms with E-state index in [9.17, 15) is 14.4 Å². The highest BCUT2D eigenvalue weighted by molar-refractivity contribution is 5.86. The number of rotatable bonds is 8. The van der Waals surface area contributed by atoms with Gasteiger partial charge in [-0.2, -0.15) is 0 Å². The highest BCUT2D eigenvalue weighted by Crippen LogP contribution is 2.44. The van der Waals surface area contributed by atoms with Gasteiger partial charge in [0, 0.05) is 18.4 Å². The van der Waals surface area contributed by atoms with Crippen LogP contribution in [0.2, 0.25) is 0 Å². The second kappa shape index (κ2) is 10.3. The zero-order valence-electron chi connectivity index (χ0n) is 19.6. The van der Waals surface area contributed by atoms with Crippen molar-refractivity contribution in [3.63, 3.8) is 0 Å². The van der Waals surface area contributed by atoms with Gasteiger partial charge in [-0.25, -0.2) is 4.79 Å². The van der Waals surface area contributed by atoms with Crippen molar-refractivity contribution in [2.45, 2.75) is 57.5 Å². The standard InChI is InChI=1S/C27H32N2O5/c1-16(2)25(26(32)28-18-12-11-17(13-18)14-24(30)31)29-27(33)34-15-23-21-9-5-3-7-19(21)20-8-4-6-10-22(20)23/h3-10,16-18,23,25H,11-15H2,1-2H3,(H,28,32)(H,29,33)(H,30,31)/t17?,18?,25-/m1/s1. The predicted octanol–water partition coefficient (Wildman–Crippen LogP) is 4.31. The van der Waals surface area contributed by atoms with Crippen LogP contribution in [-0.4, -0.2) is 41.8 Å². The summed E-state index contributed by atoms with van der Waals surface area (Å²) in [4.78, 5) is 36.5. The molecule has 0 aliphatic heterocycles. The van der Waals surface area contributed by atoms with Gasteiger partial charge in [-0.3, -0.25) is 9.59 Å². The fourth-order valence-corrected chi connectivity index (χ4v) is 5.23. The first-order valence-electron chi connectivity index (χ1n) is 12.0. The van der Waals surface area contributed by atoms with Gasteiger partial charge in [-0.15, -0.1) is 0 Å². The van der Waals surface area contributed by atoms with Crippen LogP contribution in [0, 0.1) is 11.8 Å². The quantitative estimate of drug-likeness (QED) is 0.540. The third-order valence-electron chi connectivity index (χ3n) is 6.92. The first-order valence-corrected chi connectivity index (χ1v) is 12.0. The first kappa shape index (κ1) is 23.8. The Kier molecular flexibility index (Phi) is 7.20. The molecule has 0 bridgehead atoms. The fraction of sp³-hybridized carbons (Fsp3) is 0.444. The maximum atomic E-state index is 12.9. The Balaban J connectivity index is 1.34. The largest absolute Gasteiger partial charge is 0.481 e. The molecule has 0 aromatic heterocycles. The molecule has 0 heterocycles. The number of alkyl carbamates (subject to hydrolysis) is 1. The summed E-state index contributed by atoms with van der Waals surface area (Å²) in [5, 5.41) is 14.7. The van der Waals surface area contributed by atoms with Crippen molar-refractivity contribution in [3.05, 3.63) is 59.7 Å². The lowest BCUT2D eigenvalue weighted by Crippen LogP contribution is -2.52. The molecule has 2 aromatic rings. The summed E-state index contributed by atoms with van der Waals surface area (Å²) in [5.74, 6) is -1.17. The average Bonchev–Trinajstić information content (AvgIpc) is 3.37. The molecule has 2 unspecified atom stereocenters. The molecule has 1 fully saturated rings. The molecular weight excluding hydrogens is 432 g/mol. The van der Waals surface area contributed by atoms with Crippen molar-refractivity contribution in [1.29, 1.82) is 0 Å². The molecule has 2 amide bonds. The molecule has 7 heteroatoms. The molecule has 0 spiro atoms. The van der Waals surface area contributed by atoms with E-state index >= 15 is 0 Å². The zero-order valence-corrected chi connectivity index (χ0v) is 19.6. The van der Waals surface area contributed by atoms with E-state index in [2.05, 4.69) is 34.9 Å². The molecule has 1 saturated carbocycles. The molecule has 3 N–H and O–H groups in total. The summed E-state index contributed by atoms with van der Waals surface area (Å²) in [5.41, 5.74) is 4.58. The average molecular weight is 465 g/mol. The summed E-state index contributed by atoms with van der Waals surface area (Å²) in [6.45, 7) is 3.93. The molecule has 0 saturated heterocycles. The molecule has 4 rings (SSSR count). The van der Waals surface area contributed by atoms with Gasteiger partial charge in [-0.1, -0.05) is 62.4 Å². The van der Waals surface area contributed by atoms with Gasteiger partial charge >= 0.3 is 12.1 Å². The van der Waals surface area contributed by atoms with Crippen LogP contribution in [0.25, 0.3) is 11.1 Å². The smallest absolute Gasteiger partial charge is 0.407 e. The van der Waals surface area contributed by atoms with E-state index in [0.717, 1.165) is 35.1 Å². The number of hydrogen-bond donors (Lipinski definition) is 3. The van der Waals surface area contributed by atoms with E-state index < -0.39 is 18.1 Å². The molecule has 180 valence electrons. The van der Waals surface area contributed by atoms with Crippen LogP contribution < -0.4 is 10.6 Å². The maximum Gasteiger partial charge on any atom is 0.407 e. The highest BCUT2D eigenvalue weighted by Gasteiger charge is 2.32. The van der Waals surface area contributed by atoms with Crippen LogP contribution in [0.5, 0.6) is 0 Å². The van der Waals surface area contributed by atoms with Crippen LogP contribution in [0.15, 0.2) is 48.5 Å². The van der Waals surface area contributed by atoms with E-state index in [4.69, 9.17) is 9.84 Å². The third-order valence-corrected chi connectivity index (χ3v) is 6.92. The number of carboxylic acids is 1. The second-order valence-electron chi connectivity index (χ2n) is 9.67. The summed E-state index contributed by atoms with van der Waals surface area (Å²) in [7, 11) is 0. The summed E-state index contributed by atoms with van der Waals surface area (Å²) < 4.78 is 5.61. The van der Waals surface area contributed by atoms with Gasteiger partial charge in [0.1, 0.15) is 12.6 Å². The Bertz CT molecular complexity index is 1020. The lowest BCUT2D eigenvalue weighted by molar-refractivity contribution is -0.138. The molecule has 34 heavy (non-hydrogen) atoms. The molecule has 3 atom stereocenters. The van der Waals surface area contributed by atoms with E-state index in [1.165, 1.54) is 0 Å². The Morgan fingerprint density at radius 3 is 2.21 bits per heavy atom. The van der Waals surface area contributed by atoms with Gasteiger partial charge in [0.05, 0.1) is 0 Å². The van der Waals surface area contributed by atoms with Crippen molar-refractivity contribution >= 4 is 18.0 Å². The molecular formula is C27H32N2O5. The Morgan fingerprint density at radius 2 is 1.62 bits per heavy atom. The predicted molar refractivity (Wildman–Crippen MR) is 128 cm³/mol. The number of nitrogens with one attached hydrogen (secondary N) is 2. The van der Waals surface area contributed by atoms with Crippen LogP contribution in [-0.2, 0) is 14.3 Å². The lowest BCUT2D eigenvalue weighted by Gasteiger charge is -2.24. The van der Waals surface area contributed by atoms with Gasteiger partial charge in [0.25, 0.3) is 0 Å². The maximum absolute atomic E-state index is 12.9. The topological polar surface area (TPSA) is 105 Å². The fourth-order valence-electron chi connectivity index (χ4n) is 5.23. The van der Waals surface area contributed by atoms with E-state index in [1.54, 1.807) is 0 Å². The van der Waals surface area contributed by atoms with Crippen molar-refractivity contribution in [1.82, 2.24) is 10.6 Å². The Labute approximate surface area is 199 Å². The lowest BCUT2D eigenvalue weighted by atomic mass is 9.98. The van der Waals surface area contributed by atoms with Crippen molar-refractivity contribution in [2.75, 3.05) is 6.61 Å². The van der Waals surface area contributed by atoms with Gasteiger partial charge in [0.15, 0.2) is 0 Å². The number of ether oxygens (including phenoxy) is 1. The Hall–Kier alpha value is -3.35. The zero-order chi connectivity index (χ0) is 24.2. The molecule has 2 aliphatic rings. The van der Waals surface area contributed by atoms with Gasteiger partial charge in [0.2, 0.25) is 5.91 Å². The van der Waals surface area contributed by atoms with E-state index in [1.807, 2.05) is 38.1 Å². The number of carbonyl (C=O) groups excluding carboxylic acids is 2. The number of carboxylic acid groups (broad SMARTS) is 1. The van der Waals surface area contributed by atoms with E-state index in [0.29, 0.717) is 6.42 Å². The number of aliphatic carboxylic acids is 1. The van der Waals surface area contributed by atoms with Gasteiger partial charge < -0.3 is 20.5 Å². The third kappa shape index (κ3) is 5.24. The summed E-state index contributed by atoms with van der Waals surface area (Å²) in [6, 6.07) is 15.5. The first-order chi connectivity index (χ1) is 16.3. The van der Waals surface area contributed by atoms with Crippen LogP contribution in [0.4, 0.5) is 4.79 Å².